The molecule has 0 unspecified atom stereocenters. The second-order valence-electron chi connectivity index (χ2n) is 5.64. The van der Waals surface area contributed by atoms with Gasteiger partial charge in [-0.3, -0.25) is 4.90 Å². The molecule has 0 amide bonds. The molecular weight excluding hydrogens is 334 g/mol. The number of tetrazole rings is 1. The highest BCUT2D eigenvalue weighted by molar-refractivity contribution is 7.71. The van der Waals surface area contributed by atoms with Crippen LogP contribution in [0, 0.1) is 4.77 Å². The van der Waals surface area contributed by atoms with Gasteiger partial charge in [0.05, 0.1) is 19.5 Å². The van der Waals surface area contributed by atoms with Gasteiger partial charge in [0.15, 0.2) is 0 Å². The number of nitrogens with zero attached hydrogens (tertiary/aromatic N) is 5. The summed E-state index contributed by atoms with van der Waals surface area (Å²) >= 11 is 5.54. The van der Waals surface area contributed by atoms with Crippen molar-refractivity contribution in [2.24, 2.45) is 0 Å². The Balaban J connectivity index is 1.76. The molecule has 2 aromatic carbocycles. The first kappa shape index (κ1) is 17.3. The molecule has 0 N–H and O–H groups in total. The first-order chi connectivity index (χ1) is 12.2. The summed E-state index contributed by atoms with van der Waals surface area (Å²) in [4.78, 5) is 2.26. The standard InChI is InChI=1S/C18H21N5OS/c1-3-21(13-15-7-5-4-6-8-15)14-22-18(25)23(20-19-22)16-9-11-17(24-2)12-10-16/h4-12H,3,13-14H2,1-2H3. The molecule has 0 saturated heterocycles. The Kier molecular flexibility index (Phi) is 5.57. The molecule has 6 nitrogen and oxygen atoms in total. The summed E-state index contributed by atoms with van der Waals surface area (Å²) in [5.74, 6) is 0.794. The summed E-state index contributed by atoms with van der Waals surface area (Å²) in [5.41, 5.74) is 2.13. The zero-order chi connectivity index (χ0) is 17.6. The molecule has 0 spiro atoms. The van der Waals surface area contributed by atoms with Gasteiger partial charge in [-0.2, -0.15) is 4.68 Å². The highest BCUT2D eigenvalue weighted by atomic mass is 32.1. The predicted octanol–water partition coefficient (Wildman–Crippen LogP) is 3.29. The van der Waals surface area contributed by atoms with E-state index in [-0.39, 0.29) is 0 Å². The van der Waals surface area contributed by atoms with Crippen LogP contribution in [0.25, 0.3) is 5.69 Å². The molecule has 3 rings (SSSR count). The second kappa shape index (κ2) is 8.04. The van der Waals surface area contributed by atoms with Crippen LogP contribution in [0.2, 0.25) is 0 Å². The highest BCUT2D eigenvalue weighted by Crippen LogP contribution is 2.14. The van der Waals surface area contributed by atoms with Crippen molar-refractivity contribution in [2.75, 3.05) is 13.7 Å². The van der Waals surface area contributed by atoms with Crippen LogP contribution in [0.15, 0.2) is 54.6 Å². The molecule has 0 radical (unpaired) electrons. The third kappa shape index (κ3) is 4.12. The molecule has 7 heteroatoms. The van der Waals surface area contributed by atoms with Gasteiger partial charge >= 0.3 is 0 Å². The van der Waals surface area contributed by atoms with Crippen LogP contribution in [0.5, 0.6) is 5.75 Å². The Bertz CT molecular complexity index is 857. The number of hydrogen-bond donors (Lipinski definition) is 0. The van der Waals surface area contributed by atoms with E-state index in [9.17, 15) is 0 Å². The molecule has 0 bridgehead atoms. The van der Waals surface area contributed by atoms with Gasteiger partial charge in [0.1, 0.15) is 5.75 Å². The molecule has 1 heterocycles. The van der Waals surface area contributed by atoms with E-state index in [1.165, 1.54) is 5.56 Å². The van der Waals surface area contributed by atoms with Gasteiger partial charge in [-0.05, 0) is 59.0 Å². The summed E-state index contributed by atoms with van der Waals surface area (Å²) in [6, 6.07) is 17.9. The Hall–Kier alpha value is -2.51. The first-order valence-corrected chi connectivity index (χ1v) is 8.55. The van der Waals surface area contributed by atoms with Gasteiger partial charge < -0.3 is 4.74 Å². The van der Waals surface area contributed by atoms with Crippen molar-refractivity contribution >= 4 is 12.2 Å². The predicted molar refractivity (Wildman–Crippen MR) is 99.3 cm³/mol. The van der Waals surface area contributed by atoms with Gasteiger partial charge in [0.25, 0.3) is 0 Å². The number of rotatable bonds is 7. The smallest absolute Gasteiger partial charge is 0.221 e. The fourth-order valence-electron chi connectivity index (χ4n) is 2.54. The molecule has 1 aromatic heterocycles. The third-order valence-corrected chi connectivity index (χ3v) is 4.37. The van der Waals surface area contributed by atoms with E-state index in [4.69, 9.17) is 17.0 Å². The molecule has 0 fully saturated rings. The fraction of sp³-hybridized carbons (Fsp3) is 0.278. The lowest BCUT2D eigenvalue weighted by atomic mass is 10.2. The summed E-state index contributed by atoms with van der Waals surface area (Å²) in [5, 5.41) is 8.41. The zero-order valence-corrected chi connectivity index (χ0v) is 15.2. The molecule has 130 valence electrons. The van der Waals surface area contributed by atoms with Crippen molar-refractivity contribution in [2.45, 2.75) is 20.1 Å². The maximum Gasteiger partial charge on any atom is 0.221 e. The SMILES string of the molecule is CCN(Cc1ccccc1)Cn1nnn(-c2ccc(OC)cc2)c1=S. The summed E-state index contributed by atoms with van der Waals surface area (Å²) in [6.45, 7) is 4.46. The van der Waals surface area contributed by atoms with E-state index in [0.717, 1.165) is 24.5 Å². The normalized spacial score (nSPS) is 11.0. The van der Waals surface area contributed by atoms with E-state index < -0.39 is 0 Å². The van der Waals surface area contributed by atoms with Crippen LogP contribution in [0.1, 0.15) is 12.5 Å². The van der Waals surface area contributed by atoms with Crippen molar-refractivity contribution in [3.63, 3.8) is 0 Å². The van der Waals surface area contributed by atoms with Crippen molar-refractivity contribution in [1.82, 2.24) is 24.7 Å². The molecular formula is C18H21N5OS. The van der Waals surface area contributed by atoms with Gasteiger partial charge in [-0.1, -0.05) is 37.3 Å². The topological polar surface area (TPSA) is 48.1 Å². The number of aromatic nitrogens is 4. The highest BCUT2D eigenvalue weighted by Gasteiger charge is 2.10. The summed E-state index contributed by atoms with van der Waals surface area (Å²) in [6.07, 6.45) is 0. The Morgan fingerprint density at radius 2 is 1.76 bits per heavy atom. The van der Waals surface area contributed by atoms with E-state index in [1.54, 1.807) is 16.5 Å². The minimum Gasteiger partial charge on any atom is -0.497 e. The van der Waals surface area contributed by atoms with Crippen LogP contribution in [-0.4, -0.2) is 38.3 Å². The number of benzene rings is 2. The van der Waals surface area contributed by atoms with E-state index >= 15 is 0 Å². The number of hydrogen-bond acceptors (Lipinski definition) is 5. The van der Waals surface area contributed by atoms with E-state index in [1.807, 2.05) is 30.3 Å². The van der Waals surface area contributed by atoms with Gasteiger partial charge in [-0.25, -0.2) is 4.68 Å². The Morgan fingerprint density at radius 1 is 1.04 bits per heavy atom. The monoisotopic (exact) mass is 355 g/mol. The lowest BCUT2D eigenvalue weighted by molar-refractivity contribution is 0.205. The quantitative estimate of drug-likeness (QED) is 0.609. The Labute approximate surface area is 152 Å². The van der Waals surface area contributed by atoms with Crippen LogP contribution in [0.3, 0.4) is 0 Å². The lowest BCUT2D eigenvalue weighted by Crippen LogP contribution is -2.26. The van der Waals surface area contributed by atoms with E-state index in [2.05, 4.69) is 46.5 Å². The van der Waals surface area contributed by atoms with Crippen LogP contribution in [-0.2, 0) is 13.2 Å². The second-order valence-corrected chi connectivity index (χ2v) is 6.01. The zero-order valence-electron chi connectivity index (χ0n) is 14.4. The molecule has 0 saturated carbocycles. The molecule has 0 aliphatic carbocycles. The van der Waals surface area contributed by atoms with Crippen molar-refractivity contribution in [1.29, 1.82) is 0 Å². The summed E-state index contributed by atoms with van der Waals surface area (Å²) < 4.78 is 9.15. The van der Waals surface area contributed by atoms with Crippen molar-refractivity contribution in [3.8, 4) is 11.4 Å². The van der Waals surface area contributed by atoms with Gasteiger partial charge in [0, 0.05) is 6.54 Å². The van der Waals surface area contributed by atoms with Crippen molar-refractivity contribution in [3.05, 3.63) is 64.9 Å². The third-order valence-electron chi connectivity index (χ3n) is 3.99. The maximum atomic E-state index is 5.54. The number of methoxy groups -OCH3 is 1. The lowest BCUT2D eigenvalue weighted by Gasteiger charge is -2.19. The fourth-order valence-corrected chi connectivity index (χ4v) is 2.78. The van der Waals surface area contributed by atoms with Crippen LogP contribution < -0.4 is 4.74 Å². The molecule has 0 atom stereocenters. The van der Waals surface area contributed by atoms with E-state index in [0.29, 0.717) is 11.4 Å². The average Bonchev–Trinajstić information content (AvgIpc) is 3.02. The molecule has 0 aliphatic heterocycles. The van der Waals surface area contributed by atoms with Crippen LogP contribution >= 0.6 is 12.2 Å². The minimum atomic E-state index is 0.566. The minimum absolute atomic E-state index is 0.566. The Morgan fingerprint density at radius 3 is 2.40 bits per heavy atom. The van der Waals surface area contributed by atoms with Gasteiger partial charge in [0.2, 0.25) is 4.77 Å². The average molecular weight is 355 g/mol. The number of ether oxygens (including phenoxy) is 1. The molecule has 3 aromatic rings. The summed E-state index contributed by atoms with van der Waals surface area (Å²) in [7, 11) is 1.64. The van der Waals surface area contributed by atoms with Gasteiger partial charge in [-0.15, -0.1) is 0 Å². The molecule has 0 aliphatic rings. The largest absolute Gasteiger partial charge is 0.497 e. The van der Waals surface area contributed by atoms with Crippen LogP contribution in [0.4, 0.5) is 0 Å². The maximum absolute atomic E-state index is 5.54. The molecule has 25 heavy (non-hydrogen) atoms. The first-order valence-electron chi connectivity index (χ1n) is 8.14. The van der Waals surface area contributed by atoms with Crippen molar-refractivity contribution < 1.29 is 4.74 Å².